The average molecular weight is 731 g/mol. The largest absolute Gasteiger partial charge is 0.534 e. The van der Waals surface area contributed by atoms with Gasteiger partial charge in [0.2, 0.25) is 0 Å². The summed E-state index contributed by atoms with van der Waals surface area (Å²) in [7, 11) is -5.83. The molecule has 0 amide bonds. The third kappa shape index (κ3) is 5.65. The first-order valence-electron chi connectivity index (χ1n) is 17.3. The molecule has 0 aliphatic rings. The molecule has 9 aromatic rings. The molecule has 9 rings (SSSR count). The van der Waals surface area contributed by atoms with Gasteiger partial charge in [0.15, 0.2) is 5.75 Å². The van der Waals surface area contributed by atoms with Crippen LogP contribution in [-0.4, -0.2) is 13.9 Å². The summed E-state index contributed by atoms with van der Waals surface area (Å²) >= 11 is 0. The van der Waals surface area contributed by atoms with E-state index >= 15 is 0 Å². The van der Waals surface area contributed by atoms with Gasteiger partial charge in [-0.05, 0) is 88.3 Å². The Morgan fingerprint density at radius 3 is 1.26 bits per heavy atom. The molecule has 7 heteroatoms. The molecule has 0 heterocycles. The molecular formula is C47H29F3O3S. The van der Waals surface area contributed by atoms with Gasteiger partial charge in [-0.25, -0.2) is 0 Å². The predicted octanol–water partition coefficient (Wildman–Crippen LogP) is 13.2. The van der Waals surface area contributed by atoms with E-state index in [-0.39, 0.29) is 11.1 Å². The minimum Gasteiger partial charge on any atom is -0.375 e. The Morgan fingerprint density at radius 2 is 0.741 bits per heavy atom. The summed E-state index contributed by atoms with van der Waals surface area (Å²) in [5, 5.41) is 7.71. The Balaban J connectivity index is 1.14. The van der Waals surface area contributed by atoms with Gasteiger partial charge in [-0.2, -0.15) is 21.6 Å². The molecule has 0 aromatic heterocycles. The summed E-state index contributed by atoms with van der Waals surface area (Å²) in [4.78, 5) is 0. The van der Waals surface area contributed by atoms with Crippen molar-refractivity contribution in [2.75, 3.05) is 0 Å². The molecule has 0 bridgehead atoms. The second-order valence-electron chi connectivity index (χ2n) is 13.2. The molecule has 0 saturated heterocycles. The van der Waals surface area contributed by atoms with Gasteiger partial charge in [-0.3, -0.25) is 0 Å². The molecule has 0 spiro atoms. The highest BCUT2D eigenvalue weighted by Crippen LogP contribution is 2.45. The zero-order valence-electron chi connectivity index (χ0n) is 28.5. The van der Waals surface area contributed by atoms with Crippen LogP contribution in [-0.2, 0) is 10.1 Å². The van der Waals surface area contributed by atoms with Gasteiger partial charge < -0.3 is 4.18 Å². The standard InChI is InChI=1S/C47H29F3O3S/c48-47(49,50)54(51,52)53-44-21-9-19-38-37(18-8-20-39(38)44)32-24-28-34(29-25-32)46-42-15-5-3-13-40(42)45(41-14-4-6-16-43(41)46)33-26-22-31(23-27-33)36-17-7-11-30-10-1-2-12-35(30)36/h1-29H. The third-order valence-electron chi connectivity index (χ3n) is 10.1. The van der Waals surface area contributed by atoms with Crippen LogP contribution in [0.2, 0.25) is 0 Å². The summed E-state index contributed by atoms with van der Waals surface area (Å²) in [5.41, 5.74) is 2.73. The van der Waals surface area contributed by atoms with E-state index in [1.54, 1.807) is 18.2 Å². The summed E-state index contributed by atoms with van der Waals surface area (Å²) in [6.45, 7) is 0. The first-order chi connectivity index (χ1) is 26.2. The summed E-state index contributed by atoms with van der Waals surface area (Å²) in [5.74, 6) is -0.385. The van der Waals surface area contributed by atoms with E-state index in [4.69, 9.17) is 0 Å². The smallest absolute Gasteiger partial charge is 0.375 e. The van der Waals surface area contributed by atoms with E-state index in [2.05, 4.69) is 132 Å². The van der Waals surface area contributed by atoms with E-state index in [1.807, 2.05) is 18.2 Å². The Bertz CT molecular complexity index is 2950. The first-order valence-corrected chi connectivity index (χ1v) is 18.7. The Hall–Kier alpha value is -6.44. The summed E-state index contributed by atoms with van der Waals surface area (Å²) in [6.07, 6.45) is 0. The average Bonchev–Trinajstić information content (AvgIpc) is 3.19. The first kappa shape index (κ1) is 33.4. The van der Waals surface area contributed by atoms with Crippen LogP contribution in [0.1, 0.15) is 0 Å². The fraction of sp³-hybridized carbons (Fsp3) is 0.0213. The van der Waals surface area contributed by atoms with Crippen molar-refractivity contribution in [1.29, 1.82) is 0 Å². The van der Waals surface area contributed by atoms with Crippen LogP contribution in [0.4, 0.5) is 13.2 Å². The van der Waals surface area contributed by atoms with Crippen molar-refractivity contribution in [2.45, 2.75) is 5.51 Å². The van der Waals surface area contributed by atoms with Crippen LogP contribution in [0.3, 0.4) is 0 Å². The minimum atomic E-state index is -5.83. The van der Waals surface area contributed by atoms with Gasteiger partial charge >= 0.3 is 15.6 Å². The van der Waals surface area contributed by atoms with Gasteiger partial charge in [0.1, 0.15) is 0 Å². The second-order valence-corrected chi connectivity index (χ2v) is 14.7. The lowest BCUT2D eigenvalue weighted by Gasteiger charge is -2.18. The topological polar surface area (TPSA) is 43.4 Å². The van der Waals surface area contributed by atoms with Crippen molar-refractivity contribution < 1.29 is 25.8 Å². The second kappa shape index (κ2) is 12.9. The number of rotatable bonds is 6. The van der Waals surface area contributed by atoms with Gasteiger partial charge in [-0.1, -0.05) is 170 Å². The monoisotopic (exact) mass is 730 g/mol. The lowest BCUT2D eigenvalue weighted by atomic mass is 9.85. The molecule has 0 N–H and O–H groups in total. The van der Waals surface area contributed by atoms with E-state index in [1.165, 1.54) is 28.5 Å². The fourth-order valence-electron chi connectivity index (χ4n) is 7.63. The van der Waals surface area contributed by atoms with E-state index < -0.39 is 15.6 Å². The van der Waals surface area contributed by atoms with Crippen molar-refractivity contribution in [2.24, 2.45) is 0 Å². The summed E-state index contributed by atoms with van der Waals surface area (Å²) < 4.78 is 67.7. The number of benzene rings is 9. The van der Waals surface area contributed by atoms with Crippen LogP contribution in [0, 0.1) is 0 Å². The normalized spacial score (nSPS) is 12.1. The maximum absolute atomic E-state index is 13.1. The lowest BCUT2D eigenvalue weighted by Crippen LogP contribution is -2.28. The number of halogens is 3. The quantitative estimate of drug-likeness (QED) is 0.0972. The van der Waals surface area contributed by atoms with E-state index in [9.17, 15) is 21.6 Å². The highest BCUT2D eigenvalue weighted by atomic mass is 32.2. The van der Waals surface area contributed by atoms with Gasteiger partial charge in [0.05, 0.1) is 0 Å². The lowest BCUT2D eigenvalue weighted by molar-refractivity contribution is -0.0499. The molecule has 9 aromatic carbocycles. The molecule has 0 saturated carbocycles. The van der Waals surface area contributed by atoms with Crippen molar-refractivity contribution in [3.05, 3.63) is 176 Å². The van der Waals surface area contributed by atoms with Crippen molar-refractivity contribution >= 4 is 53.2 Å². The molecule has 0 atom stereocenters. The Morgan fingerprint density at radius 1 is 0.370 bits per heavy atom. The number of hydrogen-bond donors (Lipinski definition) is 0. The molecule has 0 radical (unpaired) electrons. The Kier molecular flexibility index (Phi) is 7.98. The number of hydrogen-bond acceptors (Lipinski definition) is 3. The highest BCUT2D eigenvalue weighted by molar-refractivity contribution is 7.88. The minimum absolute atomic E-state index is 0.254. The highest BCUT2D eigenvalue weighted by Gasteiger charge is 2.48. The van der Waals surface area contributed by atoms with Crippen molar-refractivity contribution in [3.63, 3.8) is 0 Å². The zero-order chi connectivity index (χ0) is 37.0. The SMILES string of the molecule is O=S(=O)(Oc1cccc2c(-c3ccc(-c4c5ccccc5c(-c5ccc(-c6cccc7ccccc67)cc5)c5ccccc45)cc3)cccc12)C(F)(F)F. The van der Waals surface area contributed by atoms with Gasteiger partial charge in [0.25, 0.3) is 0 Å². The van der Waals surface area contributed by atoms with Crippen LogP contribution >= 0.6 is 0 Å². The van der Waals surface area contributed by atoms with Crippen molar-refractivity contribution in [3.8, 4) is 50.3 Å². The number of alkyl halides is 3. The number of fused-ring (bicyclic) bond motifs is 4. The molecule has 0 aliphatic carbocycles. The molecule has 0 fully saturated rings. The van der Waals surface area contributed by atoms with E-state index in [0.29, 0.717) is 5.39 Å². The maximum Gasteiger partial charge on any atom is 0.534 e. The van der Waals surface area contributed by atoms with Crippen LogP contribution < -0.4 is 4.18 Å². The zero-order valence-corrected chi connectivity index (χ0v) is 29.3. The molecule has 3 nitrogen and oxygen atoms in total. The van der Waals surface area contributed by atoms with Crippen LogP contribution in [0.5, 0.6) is 5.75 Å². The Labute approximate surface area is 309 Å². The van der Waals surface area contributed by atoms with Crippen LogP contribution in [0.15, 0.2) is 176 Å². The summed E-state index contributed by atoms with van der Waals surface area (Å²) in [6, 6.07) is 58.1. The molecule has 0 aliphatic heterocycles. The molecule has 54 heavy (non-hydrogen) atoms. The molecular weight excluding hydrogens is 702 g/mol. The van der Waals surface area contributed by atoms with Crippen molar-refractivity contribution in [1.82, 2.24) is 0 Å². The van der Waals surface area contributed by atoms with Gasteiger partial charge in [-0.15, -0.1) is 0 Å². The third-order valence-corrected chi connectivity index (χ3v) is 11.0. The van der Waals surface area contributed by atoms with Gasteiger partial charge in [0, 0.05) is 5.39 Å². The van der Waals surface area contributed by atoms with E-state index in [0.717, 1.165) is 60.5 Å². The molecule has 262 valence electrons. The fourth-order valence-corrected chi connectivity index (χ4v) is 8.11. The van der Waals surface area contributed by atoms with Crippen LogP contribution in [0.25, 0.3) is 87.6 Å². The predicted molar refractivity (Wildman–Crippen MR) is 214 cm³/mol. The maximum atomic E-state index is 13.1. The molecule has 0 unspecified atom stereocenters.